The Kier molecular flexibility index (Phi) is 5.46. The lowest BCUT2D eigenvalue weighted by Crippen LogP contribution is -2.14. The van der Waals surface area contributed by atoms with E-state index in [9.17, 15) is 8.78 Å². The number of ether oxygens (including phenoxy) is 1. The molecule has 0 atom stereocenters. The fourth-order valence-corrected chi connectivity index (χ4v) is 1.93. The summed E-state index contributed by atoms with van der Waals surface area (Å²) < 4.78 is 31.5. The molecule has 0 saturated carbocycles. The van der Waals surface area contributed by atoms with Crippen molar-refractivity contribution >= 4 is 0 Å². The maximum atomic E-state index is 13.1. The van der Waals surface area contributed by atoms with Crippen LogP contribution in [0.4, 0.5) is 8.78 Å². The quantitative estimate of drug-likeness (QED) is 0.782. The normalized spacial score (nSPS) is 10.4. The minimum Gasteiger partial charge on any atom is -0.489 e. The molecule has 110 valence electrons. The molecule has 0 heterocycles. The summed E-state index contributed by atoms with van der Waals surface area (Å²) in [5.74, 6) is -0.874. The van der Waals surface area contributed by atoms with E-state index >= 15 is 0 Å². The molecule has 2 aromatic rings. The number of halogens is 2. The summed E-state index contributed by atoms with van der Waals surface area (Å²) in [6.45, 7) is 5.09. The Morgan fingerprint density at radius 2 is 1.86 bits per heavy atom. The predicted molar refractivity (Wildman–Crippen MR) is 79.0 cm³/mol. The summed E-state index contributed by atoms with van der Waals surface area (Å²) in [4.78, 5) is 0. The van der Waals surface area contributed by atoms with E-state index in [0.717, 1.165) is 17.4 Å². The summed E-state index contributed by atoms with van der Waals surface area (Å²) in [7, 11) is 0. The van der Waals surface area contributed by atoms with Crippen LogP contribution in [0.25, 0.3) is 0 Å². The van der Waals surface area contributed by atoms with Crippen LogP contribution in [0.2, 0.25) is 0 Å². The van der Waals surface area contributed by atoms with Gasteiger partial charge in [-0.2, -0.15) is 0 Å². The first kappa shape index (κ1) is 15.2. The molecule has 0 saturated heterocycles. The minimum atomic E-state index is -0.832. The molecule has 0 amide bonds. The second-order valence-electron chi connectivity index (χ2n) is 4.56. The molecule has 0 fully saturated rings. The van der Waals surface area contributed by atoms with Gasteiger partial charge in [0, 0.05) is 18.7 Å². The second-order valence-corrected chi connectivity index (χ2v) is 4.56. The molecule has 4 heteroatoms. The molecule has 0 aliphatic rings. The highest BCUT2D eigenvalue weighted by Gasteiger charge is 2.04. The molecule has 0 aromatic heterocycles. The summed E-state index contributed by atoms with van der Waals surface area (Å²) >= 11 is 0. The number of hydrogen-bond acceptors (Lipinski definition) is 2. The maximum absolute atomic E-state index is 13.1. The highest BCUT2D eigenvalue weighted by atomic mass is 19.2. The van der Waals surface area contributed by atoms with Crippen LogP contribution in [0.3, 0.4) is 0 Å². The van der Waals surface area contributed by atoms with Gasteiger partial charge in [-0.25, -0.2) is 8.78 Å². The van der Waals surface area contributed by atoms with Gasteiger partial charge in [-0.05, 0) is 23.8 Å². The average molecular weight is 289 g/mol. The topological polar surface area (TPSA) is 21.3 Å². The molecule has 21 heavy (non-hydrogen) atoms. The van der Waals surface area contributed by atoms with Crippen LogP contribution < -0.4 is 10.1 Å². The lowest BCUT2D eigenvalue weighted by molar-refractivity contribution is 0.358. The molecule has 0 unspecified atom stereocenters. The van der Waals surface area contributed by atoms with Crippen molar-refractivity contribution in [1.82, 2.24) is 5.32 Å². The zero-order valence-electron chi connectivity index (χ0n) is 11.6. The molecule has 0 aliphatic carbocycles. The van der Waals surface area contributed by atoms with Gasteiger partial charge in [-0.1, -0.05) is 36.9 Å². The number of rotatable bonds is 7. The summed E-state index contributed by atoms with van der Waals surface area (Å²) in [6, 6.07) is 11.6. The van der Waals surface area contributed by atoms with Gasteiger partial charge in [0.1, 0.15) is 12.4 Å². The monoisotopic (exact) mass is 289 g/mol. The second kappa shape index (κ2) is 7.55. The Labute approximate surface area is 123 Å². The Morgan fingerprint density at radius 1 is 1.05 bits per heavy atom. The van der Waals surface area contributed by atoms with Crippen molar-refractivity contribution in [3.8, 4) is 5.75 Å². The van der Waals surface area contributed by atoms with Crippen LogP contribution in [0, 0.1) is 11.6 Å². The average Bonchev–Trinajstić information content (AvgIpc) is 2.50. The molecule has 2 nitrogen and oxygen atoms in total. The SMILES string of the molecule is C=CCOc1ccccc1CNCc1ccc(F)c(F)c1. The summed E-state index contributed by atoms with van der Waals surface area (Å²) in [6.07, 6.45) is 1.69. The minimum absolute atomic E-state index is 0.445. The van der Waals surface area contributed by atoms with Crippen LogP contribution in [0.15, 0.2) is 55.1 Å². The molecule has 0 spiro atoms. The molecule has 0 bridgehead atoms. The number of nitrogens with one attached hydrogen (secondary N) is 1. The summed E-state index contributed by atoms with van der Waals surface area (Å²) in [5, 5.41) is 3.19. The molecular formula is C17H17F2NO. The van der Waals surface area contributed by atoms with Crippen LogP contribution >= 0.6 is 0 Å². The van der Waals surface area contributed by atoms with Gasteiger partial charge in [-0.3, -0.25) is 0 Å². The predicted octanol–water partition coefficient (Wildman–Crippen LogP) is 3.82. The van der Waals surface area contributed by atoms with E-state index in [-0.39, 0.29) is 0 Å². The summed E-state index contributed by atoms with van der Waals surface area (Å²) in [5.41, 5.74) is 1.69. The van der Waals surface area contributed by atoms with E-state index in [1.165, 1.54) is 6.07 Å². The maximum Gasteiger partial charge on any atom is 0.159 e. The van der Waals surface area contributed by atoms with Gasteiger partial charge < -0.3 is 10.1 Å². The van der Waals surface area contributed by atoms with E-state index in [1.807, 2.05) is 24.3 Å². The molecule has 0 radical (unpaired) electrons. The lowest BCUT2D eigenvalue weighted by Gasteiger charge is -2.11. The first-order chi connectivity index (χ1) is 10.2. The first-order valence-corrected chi connectivity index (χ1v) is 6.67. The molecule has 2 rings (SSSR count). The van der Waals surface area contributed by atoms with Crippen LogP contribution in [-0.4, -0.2) is 6.61 Å². The van der Waals surface area contributed by atoms with Crippen LogP contribution in [0.1, 0.15) is 11.1 Å². The number of para-hydroxylation sites is 1. The fourth-order valence-electron chi connectivity index (χ4n) is 1.93. The van der Waals surface area contributed by atoms with Crippen molar-refractivity contribution in [3.05, 3.63) is 77.9 Å². The van der Waals surface area contributed by atoms with Gasteiger partial charge in [0.2, 0.25) is 0 Å². The van der Waals surface area contributed by atoms with Gasteiger partial charge in [0.25, 0.3) is 0 Å². The molecule has 0 aliphatic heterocycles. The Bertz CT molecular complexity index is 613. The lowest BCUT2D eigenvalue weighted by atomic mass is 10.2. The van der Waals surface area contributed by atoms with E-state index in [4.69, 9.17) is 4.74 Å². The van der Waals surface area contributed by atoms with Crippen molar-refractivity contribution < 1.29 is 13.5 Å². The van der Waals surface area contributed by atoms with Gasteiger partial charge in [0.15, 0.2) is 11.6 Å². The van der Waals surface area contributed by atoms with Crippen molar-refractivity contribution in [3.63, 3.8) is 0 Å². The highest BCUT2D eigenvalue weighted by molar-refractivity contribution is 5.33. The number of hydrogen-bond donors (Lipinski definition) is 1. The Hall–Kier alpha value is -2.20. The zero-order chi connectivity index (χ0) is 15.1. The van der Waals surface area contributed by atoms with E-state index in [0.29, 0.717) is 25.3 Å². The largest absolute Gasteiger partial charge is 0.489 e. The molecule has 1 N–H and O–H groups in total. The fraction of sp³-hybridized carbons (Fsp3) is 0.176. The van der Waals surface area contributed by atoms with E-state index < -0.39 is 11.6 Å². The third-order valence-electron chi connectivity index (χ3n) is 2.96. The van der Waals surface area contributed by atoms with Gasteiger partial charge >= 0.3 is 0 Å². The van der Waals surface area contributed by atoms with Gasteiger partial charge in [-0.15, -0.1) is 0 Å². The third kappa shape index (κ3) is 4.39. The van der Waals surface area contributed by atoms with Crippen LogP contribution in [0.5, 0.6) is 5.75 Å². The first-order valence-electron chi connectivity index (χ1n) is 6.67. The van der Waals surface area contributed by atoms with E-state index in [2.05, 4.69) is 11.9 Å². The van der Waals surface area contributed by atoms with E-state index in [1.54, 1.807) is 12.1 Å². The highest BCUT2D eigenvalue weighted by Crippen LogP contribution is 2.18. The molecule has 2 aromatic carbocycles. The number of benzene rings is 2. The van der Waals surface area contributed by atoms with Crippen molar-refractivity contribution in [2.75, 3.05) is 6.61 Å². The standard InChI is InChI=1S/C17H17F2NO/c1-2-9-21-17-6-4-3-5-14(17)12-20-11-13-7-8-15(18)16(19)10-13/h2-8,10,20H,1,9,11-12H2. The van der Waals surface area contributed by atoms with Crippen molar-refractivity contribution in [1.29, 1.82) is 0 Å². The third-order valence-corrected chi connectivity index (χ3v) is 2.96. The van der Waals surface area contributed by atoms with Crippen molar-refractivity contribution in [2.45, 2.75) is 13.1 Å². The smallest absolute Gasteiger partial charge is 0.159 e. The Morgan fingerprint density at radius 3 is 2.62 bits per heavy atom. The van der Waals surface area contributed by atoms with Crippen LogP contribution in [-0.2, 0) is 13.1 Å². The van der Waals surface area contributed by atoms with Gasteiger partial charge in [0.05, 0.1) is 0 Å². The van der Waals surface area contributed by atoms with Crippen molar-refractivity contribution in [2.24, 2.45) is 0 Å². The Balaban J connectivity index is 1.93. The zero-order valence-corrected chi connectivity index (χ0v) is 11.6. The molecular weight excluding hydrogens is 272 g/mol.